The molecule has 2 heterocycles. The molecule has 2 aromatic rings. The summed E-state index contributed by atoms with van der Waals surface area (Å²) in [6, 6.07) is 0. The number of carbonyl (C=O) groups excluding carboxylic acids is 1. The minimum atomic E-state index is -0.177. The van der Waals surface area contributed by atoms with E-state index in [4.69, 9.17) is 11.6 Å². The van der Waals surface area contributed by atoms with Crippen molar-refractivity contribution in [3.8, 4) is 0 Å². The number of carbonyl (C=O) groups is 1. The van der Waals surface area contributed by atoms with Gasteiger partial charge < -0.3 is 5.32 Å². The summed E-state index contributed by atoms with van der Waals surface area (Å²) in [5, 5.41) is 6.82. The Morgan fingerprint density at radius 3 is 3.00 bits per heavy atom. The normalized spacial score (nSPS) is 12.9. The summed E-state index contributed by atoms with van der Waals surface area (Å²) in [7, 11) is 0. The Kier molecular flexibility index (Phi) is 3.81. The Morgan fingerprint density at radius 1 is 1.50 bits per heavy atom. The SMILES string of the molecule is CC(C)C(Cl)CNC(=O)c1cnn2ccncc12. The summed E-state index contributed by atoms with van der Waals surface area (Å²) in [4.78, 5) is 16.0. The van der Waals surface area contributed by atoms with Gasteiger partial charge in [0, 0.05) is 18.9 Å². The Bertz CT molecular complexity index is 552. The molecule has 0 aliphatic heterocycles. The highest BCUT2D eigenvalue weighted by molar-refractivity contribution is 6.21. The van der Waals surface area contributed by atoms with Crippen LogP contribution in [0.25, 0.3) is 5.52 Å². The predicted octanol–water partition coefficient (Wildman–Crippen LogP) is 1.72. The van der Waals surface area contributed by atoms with Crippen molar-refractivity contribution in [2.75, 3.05) is 6.54 Å². The van der Waals surface area contributed by atoms with E-state index in [-0.39, 0.29) is 11.3 Å². The van der Waals surface area contributed by atoms with E-state index in [1.54, 1.807) is 23.1 Å². The molecule has 0 saturated carbocycles. The maximum absolute atomic E-state index is 12.0. The van der Waals surface area contributed by atoms with Crippen molar-refractivity contribution >= 4 is 23.0 Å². The van der Waals surface area contributed by atoms with Crippen LogP contribution >= 0.6 is 11.6 Å². The van der Waals surface area contributed by atoms with Gasteiger partial charge in [-0.2, -0.15) is 5.10 Å². The molecule has 2 aromatic heterocycles. The monoisotopic (exact) mass is 266 g/mol. The van der Waals surface area contributed by atoms with Crippen molar-refractivity contribution in [1.29, 1.82) is 0 Å². The first-order chi connectivity index (χ1) is 8.59. The van der Waals surface area contributed by atoms with E-state index in [0.29, 0.717) is 23.5 Å². The van der Waals surface area contributed by atoms with Crippen molar-refractivity contribution in [2.45, 2.75) is 19.2 Å². The van der Waals surface area contributed by atoms with Crippen molar-refractivity contribution in [2.24, 2.45) is 5.92 Å². The summed E-state index contributed by atoms with van der Waals surface area (Å²) >= 11 is 6.09. The standard InChI is InChI=1S/C12H15ClN4O/c1-8(2)10(13)6-15-12(18)9-5-16-17-4-3-14-7-11(9)17/h3-5,7-8,10H,6H2,1-2H3,(H,15,18). The van der Waals surface area contributed by atoms with Gasteiger partial charge in [-0.15, -0.1) is 11.6 Å². The van der Waals surface area contributed by atoms with E-state index in [2.05, 4.69) is 15.4 Å². The van der Waals surface area contributed by atoms with Crippen LogP contribution < -0.4 is 5.32 Å². The van der Waals surface area contributed by atoms with Gasteiger partial charge in [0.2, 0.25) is 0 Å². The molecule has 0 aliphatic rings. The number of nitrogens with one attached hydrogen (secondary N) is 1. The highest BCUT2D eigenvalue weighted by atomic mass is 35.5. The summed E-state index contributed by atoms with van der Waals surface area (Å²) in [5.74, 6) is 0.141. The van der Waals surface area contributed by atoms with Crippen molar-refractivity contribution < 1.29 is 4.79 Å². The zero-order valence-electron chi connectivity index (χ0n) is 10.3. The molecule has 0 bridgehead atoms. The Balaban J connectivity index is 2.10. The molecule has 1 unspecified atom stereocenters. The third-order valence-electron chi connectivity index (χ3n) is 2.75. The van der Waals surface area contributed by atoms with E-state index in [1.165, 1.54) is 6.20 Å². The molecule has 0 saturated heterocycles. The smallest absolute Gasteiger partial charge is 0.255 e. The summed E-state index contributed by atoms with van der Waals surface area (Å²) < 4.78 is 1.61. The third kappa shape index (κ3) is 2.61. The quantitative estimate of drug-likeness (QED) is 0.858. The molecule has 1 N–H and O–H groups in total. The number of aromatic nitrogens is 3. The number of nitrogens with zero attached hydrogens (tertiary/aromatic N) is 3. The number of fused-ring (bicyclic) bond motifs is 1. The molecule has 2 rings (SSSR count). The van der Waals surface area contributed by atoms with Crippen LogP contribution in [0.1, 0.15) is 24.2 Å². The maximum atomic E-state index is 12.0. The fraction of sp³-hybridized carbons (Fsp3) is 0.417. The average Bonchev–Trinajstić information content (AvgIpc) is 2.79. The van der Waals surface area contributed by atoms with Gasteiger partial charge in [-0.1, -0.05) is 13.8 Å². The summed E-state index contributed by atoms with van der Waals surface area (Å²) in [5.41, 5.74) is 1.20. The van der Waals surface area contributed by atoms with Gasteiger partial charge >= 0.3 is 0 Å². The molecular weight excluding hydrogens is 252 g/mol. The zero-order chi connectivity index (χ0) is 13.1. The molecule has 5 nitrogen and oxygen atoms in total. The van der Waals surface area contributed by atoms with Crippen LogP contribution in [0.3, 0.4) is 0 Å². The van der Waals surface area contributed by atoms with Crippen LogP contribution in [0.5, 0.6) is 0 Å². The van der Waals surface area contributed by atoms with Crippen LogP contribution in [0.2, 0.25) is 0 Å². The van der Waals surface area contributed by atoms with E-state index >= 15 is 0 Å². The van der Waals surface area contributed by atoms with E-state index < -0.39 is 0 Å². The molecule has 0 radical (unpaired) electrons. The van der Waals surface area contributed by atoms with Crippen molar-refractivity contribution in [3.63, 3.8) is 0 Å². The largest absolute Gasteiger partial charge is 0.350 e. The topological polar surface area (TPSA) is 59.3 Å². The highest BCUT2D eigenvalue weighted by Gasteiger charge is 2.15. The molecule has 6 heteroatoms. The highest BCUT2D eigenvalue weighted by Crippen LogP contribution is 2.10. The molecule has 0 spiro atoms. The lowest BCUT2D eigenvalue weighted by molar-refractivity contribution is 0.0954. The van der Waals surface area contributed by atoms with Gasteiger partial charge in [0.25, 0.3) is 5.91 Å². The number of amides is 1. The minimum Gasteiger partial charge on any atom is -0.350 e. The van der Waals surface area contributed by atoms with Crippen molar-refractivity contribution in [3.05, 3.63) is 30.4 Å². The first-order valence-electron chi connectivity index (χ1n) is 5.79. The minimum absolute atomic E-state index is 0.0751. The van der Waals surface area contributed by atoms with Crippen LogP contribution in [0.15, 0.2) is 24.8 Å². The predicted molar refractivity (Wildman–Crippen MR) is 69.8 cm³/mol. The van der Waals surface area contributed by atoms with Gasteiger partial charge in [-0.3, -0.25) is 9.78 Å². The number of rotatable bonds is 4. The number of hydrogen-bond acceptors (Lipinski definition) is 3. The fourth-order valence-electron chi connectivity index (χ4n) is 1.53. The van der Waals surface area contributed by atoms with Crippen LogP contribution in [0, 0.1) is 5.92 Å². The first-order valence-corrected chi connectivity index (χ1v) is 6.23. The zero-order valence-corrected chi connectivity index (χ0v) is 11.1. The molecule has 0 fully saturated rings. The third-order valence-corrected chi connectivity index (χ3v) is 3.41. The number of alkyl halides is 1. The number of hydrogen-bond donors (Lipinski definition) is 1. The molecule has 0 aromatic carbocycles. The van der Waals surface area contributed by atoms with E-state index in [9.17, 15) is 4.79 Å². The second-order valence-corrected chi connectivity index (χ2v) is 4.99. The van der Waals surface area contributed by atoms with Crippen LogP contribution in [-0.4, -0.2) is 32.4 Å². The van der Waals surface area contributed by atoms with Gasteiger partial charge in [0.05, 0.1) is 28.9 Å². The Morgan fingerprint density at radius 2 is 2.28 bits per heavy atom. The van der Waals surface area contributed by atoms with Crippen molar-refractivity contribution in [1.82, 2.24) is 19.9 Å². The second kappa shape index (κ2) is 5.35. The lowest BCUT2D eigenvalue weighted by Crippen LogP contribution is -2.31. The lowest BCUT2D eigenvalue weighted by Gasteiger charge is -2.13. The molecule has 1 atom stereocenters. The van der Waals surface area contributed by atoms with Gasteiger partial charge in [0.1, 0.15) is 0 Å². The molecule has 96 valence electrons. The summed E-state index contributed by atoms with van der Waals surface area (Å²) in [6.45, 7) is 4.47. The average molecular weight is 267 g/mol. The second-order valence-electron chi connectivity index (χ2n) is 4.43. The maximum Gasteiger partial charge on any atom is 0.255 e. The van der Waals surface area contributed by atoms with Crippen LogP contribution in [0.4, 0.5) is 0 Å². The molecule has 1 amide bonds. The summed E-state index contributed by atoms with van der Waals surface area (Å²) in [6.07, 6.45) is 6.47. The van der Waals surface area contributed by atoms with Gasteiger partial charge in [-0.25, -0.2) is 4.52 Å². The Labute approximate surface area is 110 Å². The molecule has 0 aliphatic carbocycles. The molecular formula is C12H15ClN4O. The molecule has 18 heavy (non-hydrogen) atoms. The van der Waals surface area contributed by atoms with E-state index in [1.807, 2.05) is 13.8 Å². The van der Waals surface area contributed by atoms with Gasteiger partial charge in [0.15, 0.2) is 0 Å². The fourth-order valence-corrected chi connectivity index (χ4v) is 1.61. The first kappa shape index (κ1) is 12.8. The van der Waals surface area contributed by atoms with Gasteiger partial charge in [-0.05, 0) is 5.92 Å². The Hall–Kier alpha value is -1.62. The van der Waals surface area contributed by atoms with E-state index in [0.717, 1.165) is 0 Å². The number of halogens is 1. The lowest BCUT2D eigenvalue weighted by atomic mass is 10.1. The van der Waals surface area contributed by atoms with Crippen LogP contribution in [-0.2, 0) is 0 Å².